The number of halogens is 1. The van der Waals surface area contributed by atoms with Gasteiger partial charge < -0.3 is 20.5 Å². The molecule has 3 N–H and O–H groups in total. The van der Waals surface area contributed by atoms with Crippen molar-refractivity contribution in [3.05, 3.63) is 24.0 Å². The highest BCUT2D eigenvalue weighted by Crippen LogP contribution is 2.29. The SMILES string of the molecule is N[C@@H]1CCC[C@H]1CC(=O)Nc1cc(F)ccc1OCC1CCCO1. The van der Waals surface area contributed by atoms with Gasteiger partial charge >= 0.3 is 0 Å². The van der Waals surface area contributed by atoms with Gasteiger partial charge in [0.2, 0.25) is 5.91 Å². The van der Waals surface area contributed by atoms with Gasteiger partial charge in [0.15, 0.2) is 0 Å². The molecule has 5 nitrogen and oxygen atoms in total. The van der Waals surface area contributed by atoms with Gasteiger partial charge in [0.25, 0.3) is 0 Å². The molecule has 1 saturated heterocycles. The number of amides is 1. The lowest BCUT2D eigenvalue weighted by Gasteiger charge is -2.17. The maximum Gasteiger partial charge on any atom is 0.224 e. The van der Waals surface area contributed by atoms with Crippen molar-refractivity contribution in [2.24, 2.45) is 11.7 Å². The lowest BCUT2D eigenvalue weighted by atomic mass is 10.00. The molecular weight excluding hydrogens is 311 g/mol. The zero-order chi connectivity index (χ0) is 16.9. The minimum Gasteiger partial charge on any atom is -0.489 e. The summed E-state index contributed by atoms with van der Waals surface area (Å²) in [7, 11) is 0. The van der Waals surface area contributed by atoms with E-state index in [-0.39, 0.29) is 24.0 Å². The van der Waals surface area contributed by atoms with Gasteiger partial charge in [0.05, 0.1) is 11.8 Å². The number of carbonyl (C=O) groups excluding carboxylic acids is 1. The second-order valence-electron chi connectivity index (χ2n) is 6.69. The summed E-state index contributed by atoms with van der Waals surface area (Å²) < 4.78 is 24.8. The lowest BCUT2D eigenvalue weighted by Crippen LogP contribution is -2.28. The molecule has 3 rings (SSSR count). The molecule has 0 aromatic heterocycles. The highest BCUT2D eigenvalue weighted by Gasteiger charge is 2.26. The fraction of sp³-hybridized carbons (Fsp3) is 0.611. The summed E-state index contributed by atoms with van der Waals surface area (Å²) in [6, 6.07) is 4.24. The molecular formula is C18H25FN2O3. The van der Waals surface area contributed by atoms with E-state index >= 15 is 0 Å². The quantitative estimate of drug-likeness (QED) is 0.838. The summed E-state index contributed by atoms with van der Waals surface area (Å²) >= 11 is 0. The molecule has 1 aromatic carbocycles. The van der Waals surface area contributed by atoms with Gasteiger partial charge in [0, 0.05) is 25.1 Å². The molecule has 1 heterocycles. The second kappa shape index (κ2) is 7.94. The van der Waals surface area contributed by atoms with Gasteiger partial charge in [-0.2, -0.15) is 0 Å². The normalized spacial score (nSPS) is 26.5. The molecule has 0 radical (unpaired) electrons. The zero-order valence-electron chi connectivity index (χ0n) is 13.8. The molecule has 1 amide bonds. The number of hydrogen-bond acceptors (Lipinski definition) is 4. The Balaban J connectivity index is 1.60. The van der Waals surface area contributed by atoms with Crippen LogP contribution in [0.4, 0.5) is 10.1 Å². The summed E-state index contributed by atoms with van der Waals surface area (Å²) in [6.07, 6.45) is 5.42. The zero-order valence-corrected chi connectivity index (χ0v) is 13.8. The van der Waals surface area contributed by atoms with Gasteiger partial charge in [0.1, 0.15) is 18.2 Å². The summed E-state index contributed by atoms with van der Waals surface area (Å²) in [5.74, 6) is 0.114. The topological polar surface area (TPSA) is 73.6 Å². The van der Waals surface area contributed by atoms with Crippen molar-refractivity contribution in [1.29, 1.82) is 0 Å². The van der Waals surface area contributed by atoms with Crippen LogP contribution in [0.5, 0.6) is 5.75 Å². The third-order valence-corrected chi connectivity index (χ3v) is 4.83. The van der Waals surface area contributed by atoms with Crippen molar-refractivity contribution in [2.75, 3.05) is 18.5 Å². The molecule has 1 aliphatic carbocycles. The molecule has 3 atom stereocenters. The van der Waals surface area contributed by atoms with Crippen molar-refractivity contribution in [3.8, 4) is 5.75 Å². The molecule has 132 valence electrons. The summed E-state index contributed by atoms with van der Waals surface area (Å²) in [6.45, 7) is 1.16. The lowest BCUT2D eigenvalue weighted by molar-refractivity contribution is -0.117. The molecule has 0 bridgehead atoms. The van der Waals surface area contributed by atoms with E-state index in [9.17, 15) is 9.18 Å². The van der Waals surface area contributed by atoms with Crippen molar-refractivity contribution >= 4 is 11.6 Å². The van der Waals surface area contributed by atoms with Crippen LogP contribution in [0.1, 0.15) is 38.5 Å². The van der Waals surface area contributed by atoms with Crippen molar-refractivity contribution in [1.82, 2.24) is 0 Å². The average Bonchev–Trinajstić information content (AvgIpc) is 3.19. The fourth-order valence-electron chi connectivity index (χ4n) is 3.44. The van der Waals surface area contributed by atoms with Crippen LogP contribution in [0.15, 0.2) is 18.2 Å². The van der Waals surface area contributed by atoms with E-state index in [2.05, 4.69) is 5.32 Å². The first-order valence-electron chi connectivity index (χ1n) is 8.71. The minimum atomic E-state index is -0.410. The first-order valence-corrected chi connectivity index (χ1v) is 8.71. The highest BCUT2D eigenvalue weighted by molar-refractivity contribution is 5.92. The molecule has 24 heavy (non-hydrogen) atoms. The van der Waals surface area contributed by atoms with E-state index in [0.717, 1.165) is 38.7 Å². The molecule has 1 unspecified atom stereocenters. The maximum atomic E-state index is 13.6. The Kier molecular flexibility index (Phi) is 5.68. The van der Waals surface area contributed by atoms with Crippen LogP contribution < -0.4 is 15.8 Å². The standard InChI is InChI=1S/C18H25FN2O3/c19-13-6-7-17(24-11-14-4-2-8-23-14)16(10-13)21-18(22)9-12-3-1-5-15(12)20/h6-7,10,12,14-15H,1-5,8-9,11,20H2,(H,21,22)/t12-,14?,15+/m0/s1. The van der Waals surface area contributed by atoms with Gasteiger partial charge in [-0.1, -0.05) is 6.42 Å². The van der Waals surface area contributed by atoms with Crippen molar-refractivity contribution < 1.29 is 18.7 Å². The van der Waals surface area contributed by atoms with Crippen LogP contribution in [0.25, 0.3) is 0 Å². The minimum absolute atomic E-state index is 0.0649. The molecule has 0 spiro atoms. The summed E-state index contributed by atoms with van der Waals surface area (Å²) in [5, 5.41) is 2.77. The summed E-state index contributed by atoms with van der Waals surface area (Å²) in [4.78, 5) is 12.3. The van der Waals surface area contributed by atoms with Crippen LogP contribution in [-0.2, 0) is 9.53 Å². The first-order chi connectivity index (χ1) is 11.6. The Hall–Kier alpha value is -1.66. The molecule has 1 saturated carbocycles. The second-order valence-corrected chi connectivity index (χ2v) is 6.69. The van der Waals surface area contributed by atoms with E-state index < -0.39 is 5.82 Å². The van der Waals surface area contributed by atoms with Crippen molar-refractivity contribution in [2.45, 2.75) is 50.7 Å². The number of hydrogen-bond donors (Lipinski definition) is 2. The summed E-state index contributed by atoms with van der Waals surface area (Å²) in [5.41, 5.74) is 6.38. The Morgan fingerprint density at radius 1 is 1.33 bits per heavy atom. The Morgan fingerprint density at radius 2 is 2.21 bits per heavy atom. The van der Waals surface area contributed by atoms with E-state index in [4.69, 9.17) is 15.2 Å². The van der Waals surface area contributed by atoms with E-state index in [0.29, 0.717) is 24.5 Å². The van der Waals surface area contributed by atoms with E-state index in [1.54, 1.807) is 6.07 Å². The number of nitrogens with two attached hydrogens (primary N) is 1. The number of rotatable bonds is 6. The van der Waals surface area contributed by atoms with Crippen LogP contribution in [-0.4, -0.2) is 31.3 Å². The Labute approximate surface area is 141 Å². The van der Waals surface area contributed by atoms with Crippen LogP contribution in [0.2, 0.25) is 0 Å². The monoisotopic (exact) mass is 336 g/mol. The molecule has 2 fully saturated rings. The number of ether oxygens (including phenoxy) is 2. The average molecular weight is 336 g/mol. The van der Waals surface area contributed by atoms with Gasteiger partial charge in [-0.3, -0.25) is 4.79 Å². The third-order valence-electron chi connectivity index (χ3n) is 4.83. The van der Waals surface area contributed by atoms with Crippen LogP contribution >= 0.6 is 0 Å². The fourth-order valence-corrected chi connectivity index (χ4v) is 3.44. The van der Waals surface area contributed by atoms with Crippen molar-refractivity contribution in [3.63, 3.8) is 0 Å². The van der Waals surface area contributed by atoms with Gasteiger partial charge in [-0.25, -0.2) is 4.39 Å². The Bertz CT molecular complexity index is 575. The van der Waals surface area contributed by atoms with Gasteiger partial charge in [-0.05, 0) is 43.7 Å². The predicted molar refractivity (Wildman–Crippen MR) is 89.4 cm³/mol. The Morgan fingerprint density at radius 3 is 2.92 bits per heavy atom. The van der Waals surface area contributed by atoms with Crippen LogP contribution in [0, 0.1) is 11.7 Å². The maximum absolute atomic E-state index is 13.6. The third kappa shape index (κ3) is 4.45. The number of carbonyl (C=O) groups is 1. The van der Waals surface area contributed by atoms with E-state index in [1.165, 1.54) is 12.1 Å². The number of nitrogens with one attached hydrogen (secondary N) is 1. The highest BCUT2D eigenvalue weighted by atomic mass is 19.1. The first kappa shape index (κ1) is 17.2. The smallest absolute Gasteiger partial charge is 0.224 e. The van der Waals surface area contributed by atoms with Crippen LogP contribution in [0.3, 0.4) is 0 Å². The molecule has 6 heteroatoms. The predicted octanol–water partition coefficient (Wildman–Crippen LogP) is 2.84. The molecule has 1 aliphatic heterocycles. The number of benzene rings is 1. The van der Waals surface area contributed by atoms with Gasteiger partial charge in [-0.15, -0.1) is 0 Å². The molecule has 2 aliphatic rings. The largest absolute Gasteiger partial charge is 0.489 e. The number of anilines is 1. The molecule has 1 aromatic rings. The van der Waals surface area contributed by atoms with E-state index in [1.807, 2.05) is 0 Å².